The van der Waals surface area contributed by atoms with Gasteiger partial charge in [-0.25, -0.2) is 22.4 Å². The van der Waals surface area contributed by atoms with Gasteiger partial charge >= 0.3 is 10.2 Å². The maximum absolute atomic E-state index is 12.5. The molecule has 0 spiro atoms. The SMILES string of the molecule is CS(=O)(=O)c1cccc(-c2ccc(Cc3nc(-c4ccc(Cl)cc4Cl)cn3-c3cccc(N4C=C(O)NS4(=O)=O)c3)cc2)c1. The predicted octanol–water partition coefficient (Wildman–Crippen LogP) is 6.52. The van der Waals surface area contributed by atoms with Gasteiger partial charge in [-0.1, -0.05) is 65.7 Å². The molecule has 2 heterocycles. The van der Waals surface area contributed by atoms with Crippen LogP contribution in [0.4, 0.5) is 5.69 Å². The number of aliphatic hydroxyl groups is 1. The highest BCUT2D eigenvalue weighted by Gasteiger charge is 2.29. The lowest BCUT2D eigenvalue weighted by Crippen LogP contribution is -2.29. The average molecular weight is 668 g/mol. The van der Waals surface area contributed by atoms with Crippen molar-refractivity contribution in [2.75, 3.05) is 10.6 Å². The minimum absolute atomic E-state index is 0.250. The fourth-order valence-electron chi connectivity index (χ4n) is 4.88. The Kier molecular flexibility index (Phi) is 7.66. The highest BCUT2D eigenvalue weighted by Crippen LogP contribution is 2.33. The molecule has 224 valence electrons. The van der Waals surface area contributed by atoms with Crippen molar-refractivity contribution in [1.82, 2.24) is 14.3 Å². The monoisotopic (exact) mass is 666 g/mol. The third kappa shape index (κ3) is 6.04. The van der Waals surface area contributed by atoms with Gasteiger partial charge in [-0.2, -0.15) is 8.42 Å². The van der Waals surface area contributed by atoms with E-state index < -0.39 is 25.9 Å². The van der Waals surface area contributed by atoms with Crippen molar-refractivity contribution in [1.29, 1.82) is 0 Å². The lowest BCUT2D eigenvalue weighted by atomic mass is 10.0. The van der Waals surface area contributed by atoms with Crippen LogP contribution in [-0.2, 0) is 26.5 Å². The van der Waals surface area contributed by atoms with Gasteiger partial charge in [0.1, 0.15) is 5.82 Å². The number of hydrogen-bond acceptors (Lipinski definition) is 6. The van der Waals surface area contributed by atoms with E-state index in [-0.39, 0.29) is 4.90 Å². The highest BCUT2D eigenvalue weighted by molar-refractivity contribution is 7.91. The quantitative estimate of drug-likeness (QED) is 0.204. The Morgan fingerprint density at radius 1 is 0.886 bits per heavy atom. The fraction of sp³-hybridized carbons (Fsp3) is 0.0645. The van der Waals surface area contributed by atoms with Crippen LogP contribution < -0.4 is 9.03 Å². The normalized spacial score (nSPS) is 14.3. The van der Waals surface area contributed by atoms with E-state index in [9.17, 15) is 21.9 Å². The molecule has 0 bridgehead atoms. The summed E-state index contributed by atoms with van der Waals surface area (Å²) in [5.41, 5.74) is 4.78. The van der Waals surface area contributed by atoms with Crippen LogP contribution in [0.3, 0.4) is 0 Å². The van der Waals surface area contributed by atoms with Gasteiger partial charge in [0, 0.05) is 35.1 Å². The minimum atomic E-state index is -3.98. The lowest BCUT2D eigenvalue weighted by Gasteiger charge is -2.16. The van der Waals surface area contributed by atoms with Crippen LogP contribution in [-0.4, -0.2) is 37.7 Å². The Bertz CT molecular complexity index is 2160. The van der Waals surface area contributed by atoms with Crippen LogP contribution in [0.25, 0.3) is 28.1 Å². The Morgan fingerprint density at radius 3 is 2.30 bits per heavy atom. The van der Waals surface area contributed by atoms with Gasteiger partial charge in [-0.15, -0.1) is 0 Å². The largest absolute Gasteiger partial charge is 0.493 e. The molecule has 0 aliphatic carbocycles. The van der Waals surface area contributed by atoms with Crippen molar-refractivity contribution < 1.29 is 21.9 Å². The molecule has 0 unspecified atom stereocenters. The summed E-state index contributed by atoms with van der Waals surface area (Å²) in [6.45, 7) is 0. The van der Waals surface area contributed by atoms with Crippen LogP contribution >= 0.6 is 23.2 Å². The minimum Gasteiger partial charge on any atom is -0.493 e. The van der Waals surface area contributed by atoms with Crippen molar-refractivity contribution in [3.63, 3.8) is 0 Å². The van der Waals surface area contributed by atoms with Gasteiger partial charge in [-0.05, 0) is 65.2 Å². The number of rotatable bonds is 7. The van der Waals surface area contributed by atoms with E-state index in [1.54, 1.807) is 54.6 Å². The van der Waals surface area contributed by atoms with Gasteiger partial charge in [0.2, 0.25) is 5.88 Å². The molecule has 13 heteroatoms. The Morgan fingerprint density at radius 2 is 1.61 bits per heavy atom. The average Bonchev–Trinajstić information content (AvgIpc) is 3.51. The first-order valence-corrected chi connectivity index (χ1v) is 17.2. The molecule has 0 saturated carbocycles. The number of aliphatic hydroxyl groups excluding tert-OH is 1. The lowest BCUT2D eigenvalue weighted by molar-refractivity contribution is 0.392. The molecule has 9 nitrogen and oxygen atoms in total. The molecule has 1 aliphatic rings. The second-order valence-corrected chi connectivity index (χ2v) is 14.6. The summed E-state index contributed by atoms with van der Waals surface area (Å²) in [6, 6.07) is 26.5. The molecule has 1 aromatic heterocycles. The first-order valence-electron chi connectivity index (χ1n) is 13.1. The van der Waals surface area contributed by atoms with E-state index in [0.717, 1.165) is 27.2 Å². The van der Waals surface area contributed by atoms with Crippen molar-refractivity contribution in [3.05, 3.63) is 131 Å². The van der Waals surface area contributed by atoms with E-state index in [0.29, 0.717) is 44.9 Å². The standard InChI is InChI=1S/C31H24Cl2N4O5S2/c1-43(39,40)26-7-2-4-22(15-26)21-10-8-20(9-11-21)14-30-34-29(27-13-12-23(32)16-28(27)33)18-36(30)24-5-3-6-25(17-24)37-19-31(38)35-44(37,41)42/h2-13,15-19,35,38H,14H2,1H3. The highest BCUT2D eigenvalue weighted by atomic mass is 35.5. The number of anilines is 1. The van der Waals surface area contributed by atoms with E-state index in [1.165, 1.54) is 6.26 Å². The van der Waals surface area contributed by atoms with Gasteiger partial charge in [0.15, 0.2) is 9.84 Å². The summed E-state index contributed by atoms with van der Waals surface area (Å²) in [5.74, 6) is 0.167. The van der Waals surface area contributed by atoms with Crippen molar-refractivity contribution >= 4 is 48.9 Å². The van der Waals surface area contributed by atoms with E-state index in [2.05, 4.69) is 0 Å². The maximum atomic E-state index is 12.5. The van der Waals surface area contributed by atoms with Gasteiger partial charge in [-0.3, -0.25) is 0 Å². The molecule has 1 aliphatic heterocycles. The van der Waals surface area contributed by atoms with Crippen LogP contribution in [0.2, 0.25) is 10.0 Å². The number of aromatic nitrogens is 2. The molecule has 44 heavy (non-hydrogen) atoms. The van der Waals surface area contributed by atoms with E-state index in [4.69, 9.17) is 28.2 Å². The molecule has 5 aromatic rings. The summed E-state index contributed by atoms with van der Waals surface area (Å²) in [5, 5.41) is 10.7. The Hall–Kier alpha value is -4.29. The molecule has 0 saturated heterocycles. The number of benzene rings is 4. The molecular formula is C31H24Cl2N4O5S2. The van der Waals surface area contributed by atoms with E-state index >= 15 is 0 Å². The second-order valence-electron chi connectivity index (χ2n) is 10.1. The third-order valence-electron chi connectivity index (χ3n) is 6.99. The Labute approximate surface area is 264 Å². The molecule has 0 fully saturated rings. The van der Waals surface area contributed by atoms with Gasteiger partial charge in [0.05, 0.1) is 27.5 Å². The number of nitrogens with zero attached hydrogens (tertiary/aromatic N) is 3. The first kappa shape index (κ1) is 29.8. The van der Waals surface area contributed by atoms with Gasteiger partial charge < -0.3 is 9.67 Å². The fourth-order valence-corrected chi connectivity index (χ4v) is 7.10. The number of nitrogens with one attached hydrogen (secondary N) is 1. The Balaban J connectivity index is 1.39. The summed E-state index contributed by atoms with van der Waals surface area (Å²) in [6.07, 6.45) is 4.50. The second kappa shape index (κ2) is 11.3. The molecule has 0 radical (unpaired) electrons. The third-order valence-corrected chi connectivity index (χ3v) is 9.95. The maximum Gasteiger partial charge on any atom is 0.330 e. The van der Waals surface area contributed by atoms with Crippen LogP contribution in [0.1, 0.15) is 11.4 Å². The smallest absolute Gasteiger partial charge is 0.330 e. The molecule has 0 atom stereocenters. The number of imidazole rings is 1. The summed E-state index contributed by atoms with van der Waals surface area (Å²) in [4.78, 5) is 5.15. The zero-order valence-electron chi connectivity index (χ0n) is 23.0. The topological polar surface area (TPSA) is 122 Å². The number of sulfone groups is 1. The van der Waals surface area contributed by atoms with Crippen molar-refractivity contribution in [3.8, 4) is 28.1 Å². The summed E-state index contributed by atoms with van der Waals surface area (Å²) in [7, 11) is -7.32. The van der Waals surface area contributed by atoms with Crippen LogP contribution in [0, 0.1) is 0 Å². The van der Waals surface area contributed by atoms with E-state index in [1.807, 2.05) is 51.9 Å². The zero-order chi connectivity index (χ0) is 31.2. The summed E-state index contributed by atoms with van der Waals surface area (Å²) >= 11 is 12.6. The first-order chi connectivity index (χ1) is 20.9. The molecule has 6 rings (SSSR count). The summed E-state index contributed by atoms with van der Waals surface area (Å²) < 4.78 is 53.9. The predicted molar refractivity (Wildman–Crippen MR) is 172 cm³/mol. The number of hydrogen-bond donors (Lipinski definition) is 2. The van der Waals surface area contributed by atoms with Gasteiger partial charge in [0.25, 0.3) is 0 Å². The molecule has 4 aromatic carbocycles. The van der Waals surface area contributed by atoms with Crippen molar-refractivity contribution in [2.24, 2.45) is 0 Å². The zero-order valence-corrected chi connectivity index (χ0v) is 26.2. The molecular weight excluding hydrogens is 643 g/mol. The van der Waals surface area contributed by atoms with Crippen LogP contribution in [0.15, 0.2) is 114 Å². The molecule has 0 amide bonds. The van der Waals surface area contributed by atoms with Crippen LogP contribution in [0.5, 0.6) is 0 Å². The number of halogens is 2. The molecule has 2 N–H and O–H groups in total. The van der Waals surface area contributed by atoms with Crippen molar-refractivity contribution in [2.45, 2.75) is 11.3 Å².